The predicted molar refractivity (Wildman–Crippen MR) is 136 cm³/mol. The largest absolute Gasteiger partial charge is 0.483 e. The van der Waals surface area contributed by atoms with Gasteiger partial charge in [0.15, 0.2) is 6.04 Å². The van der Waals surface area contributed by atoms with E-state index in [4.69, 9.17) is 0 Å². The second-order valence-corrected chi connectivity index (χ2v) is 11.4. The second kappa shape index (κ2) is 9.59. The highest BCUT2D eigenvalue weighted by atomic mass is 31.2. The molecule has 0 aromatic heterocycles. The highest BCUT2D eigenvalue weighted by molar-refractivity contribution is 7.54. The SMILES string of the molecule is CCCCN1CC(c2ccccc2)N2C1=CC1=[N+](CCCC)CC(c3ccccc3)N1P2(=O)O. The van der Waals surface area contributed by atoms with Gasteiger partial charge in [-0.25, -0.2) is 9.24 Å². The number of nitrogens with zero attached hydrogens (tertiary/aromatic N) is 4. The summed E-state index contributed by atoms with van der Waals surface area (Å²) in [4.78, 5) is 14.3. The molecule has 3 unspecified atom stereocenters. The van der Waals surface area contributed by atoms with E-state index in [0.29, 0.717) is 0 Å². The number of rotatable bonds is 8. The van der Waals surface area contributed by atoms with Gasteiger partial charge in [-0.05, 0) is 18.4 Å². The lowest BCUT2D eigenvalue weighted by Crippen LogP contribution is -2.40. The van der Waals surface area contributed by atoms with Crippen LogP contribution in [0.2, 0.25) is 0 Å². The van der Waals surface area contributed by atoms with E-state index in [1.54, 1.807) is 0 Å². The van der Waals surface area contributed by atoms with Gasteiger partial charge in [0.25, 0.3) is 5.84 Å². The molecule has 0 bridgehead atoms. The summed E-state index contributed by atoms with van der Waals surface area (Å²) in [6.07, 6.45) is 6.50. The van der Waals surface area contributed by atoms with Crippen molar-refractivity contribution in [1.82, 2.24) is 14.2 Å². The van der Waals surface area contributed by atoms with Crippen LogP contribution in [-0.2, 0) is 4.57 Å². The Morgan fingerprint density at radius 1 is 0.912 bits per heavy atom. The first-order valence-electron chi connectivity index (χ1n) is 12.7. The third-order valence-corrected chi connectivity index (χ3v) is 9.34. The van der Waals surface area contributed by atoms with Crippen molar-refractivity contribution in [3.8, 4) is 0 Å². The maximum absolute atomic E-state index is 14.6. The van der Waals surface area contributed by atoms with Crippen LogP contribution in [0, 0.1) is 0 Å². The van der Waals surface area contributed by atoms with Crippen molar-refractivity contribution in [2.24, 2.45) is 0 Å². The van der Waals surface area contributed by atoms with Crippen LogP contribution < -0.4 is 0 Å². The summed E-state index contributed by atoms with van der Waals surface area (Å²) in [6, 6.07) is 20.1. The number of fused-ring (bicyclic) bond motifs is 2. The molecule has 1 N–H and O–H groups in total. The van der Waals surface area contributed by atoms with Crippen LogP contribution in [0.25, 0.3) is 0 Å². The molecular weight excluding hydrogens is 443 g/mol. The molecule has 34 heavy (non-hydrogen) atoms. The quantitative estimate of drug-likeness (QED) is 0.408. The molecule has 0 aliphatic carbocycles. The second-order valence-electron chi connectivity index (χ2n) is 9.52. The van der Waals surface area contributed by atoms with E-state index in [1.807, 2.05) is 45.7 Å². The zero-order valence-corrected chi connectivity index (χ0v) is 21.1. The molecule has 6 nitrogen and oxygen atoms in total. The van der Waals surface area contributed by atoms with E-state index in [-0.39, 0.29) is 12.1 Å². The summed E-state index contributed by atoms with van der Waals surface area (Å²) >= 11 is 0. The Hall–Kier alpha value is -2.56. The third kappa shape index (κ3) is 3.97. The van der Waals surface area contributed by atoms with Gasteiger partial charge in [-0.2, -0.15) is 4.67 Å². The molecule has 1 saturated heterocycles. The molecule has 180 valence electrons. The molecule has 0 spiro atoms. The van der Waals surface area contributed by atoms with Gasteiger partial charge in [0.1, 0.15) is 12.4 Å². The molecule has 7 heteroatoms. The van der Waals surface area contributed by atoms with Crippen LogP contribution in [0.3, 0.4) is 0 Å². The van der Waals surface area contributed by atoms with Crippen LogP contribution in [0.1, 0.15) is 62.7 Å². The van der Waals surface area contributed by atoms with Crippen LogP contribution >= 0.6 is 7.67 Å². The van der Waals surface area contributed by atoms with Crippen molar-refractivity contribution < 1.29 is 14.0 Å². The number of hydrogen-bond donors (Lipinski definition) is 1. The molecule has 5 rings (SSSR count). The van der Waals surface area contributed by atoms with Crippen molar-refractivity contribution in [2.45, 2.75) is 51.6 Å². The van der Waals surface area contributed by atoms with Gasteiger partial charge in [-0.15, -0.1) is 0 Å². The van der Waals surface area contributed by atoms with Crippen molar-refractivity contribution in [3.05, 3.63) is 83.7 Å². The number of amidine groups is 1. The molecule has 0 radical (unpaired) electrons. The Labute approximate surface area is 203 Å². The Morgan fingerprint density at radius 2 is 1.53 bits per heavy atom. The average molecular weight is 480 g/mol. The van der Waals surface area contributed by atoms with Crippen molar-refractivity contribution in [3.63, 3.8) is 0 Å². The average Bonchev–Trinajstić information content (AvgIpc) is 3.42. The first kappa shape index (κ1) is 23.2. The minimum Gasteiger partial charge on any atom is -0.355 e. The first-order valence-corrected chi connectivity index (χ1v) is 14.2. The summed E-state index contributed by atoms with van der Waals surface area (Å²) in [5, 5.41) is 0. The van der Waals surface area contributed by atoms with Gasteiger partial charge in [-0.3, -0.25) is 9.47 Å². The minimum absolute atomic E-state index is 0.150. The minimum atomic E-state index is -3.90. The van der Waals surface area contributed by atoms with Crippen molar-refractivity contribution in [1.29, 1.82) is 0 Å². The zero-order valence-electron chi connectivity index (χ0n) is 20.3. The smallest absolute Gasteiger partial charge is 0.355 e. The summed E-state index contributed by atoms with van der Waals surface area (Å²) in [6.45, 7) is 7.64. The van der Waals surface area contributed by atoms with E-state index in [1.165, 1.54) is 0 Å². The molecule has 0 saturated carbocycles. The first-order chi connectivity index (χ1) is 16.6. The van der Waals surface area contributed by atoms with Gasteiger partial charge in [0.2, 0.25) is 0 Å². The molecule has 3 aliphatic heterocycles. The molecule has 2 aromatic carbocycles. The molecule has 1 fully saturated rings. The van der Waals surface area contributed by atoms with Crippen LogP contribution in [-0.4, -0.2) is 55.7 Å². The zero-order chi connectivity index (χ0) is 23.7. The number of unbranched alkanes of at least 4 members (excludes halogenated alkanes) is 2. The Morgan fingerprint density at radius 3 is 2.15 bits per heavy atom. The van der Waals surface area contributed by atoms with E-state index in [0.717, 1.165) is 74.6 Å². The topological polar surface area (TPSA) is 50.0 Å². The van der Waals surface area contributed by atoms with Gasteiger partial charge in [-0.1, -0.05) is 87.4 Å². The predicted octanol–water partition coefficient (Wildman–Crippen LogP) is 5.37. The standard InChI is InChI=1S/C27H35N4O2P/c1-3-5-17-28-20-24(22-13-9-7-10-14-22)30-26(28)19-27-29(18-6-4-2)21-25(31(27)34(30,32)33)23-15-11-8-12-16-23/h7-16,19,24-25H,3-6,17-18,20-21H2,1-2H3/p+1. The maximum Gasteiger partial charge on any atom is 0.483 e. The molecule has 3 aliphatic rings. The Kier molecular flexibility index (Phi) is 6.54. The van der Waals surface area contributed by atoms with Gasteiger partial charge >= 0.3 is 7.67 Å². The normalized spacial score (nSPS) is 26.1. The highest BCUT2D eigenvalue weighted by Crippen LogP contribution is 2.64. The molecular formula is C27H36N4O2P+. The summed E-state index contributed by atoms with van der Waals surface area (Å²) in [5.41, 5.74) is 2.17. The maximum atomic E-state index is 14.6. The lowest BCUT2D eigenvalue weighted by molar-refractivity contribution is -0.521. The molecule has 3 atom stereocenters. The number of hydrogen-bond acceptors (Lipinski definition) is 2. The summed E-state index contributed by atoms with van der Waals surface area (Å²) < 4.78 is 20.5. The fraction of sp³-hybridized carbons (Fsp3) is 0.444. The van der Waals surface area contributed by atoms with Crippen LogP contribution in [0.4, 0.5) is 0 Å². The van der Waals surface area contributed by atoms with Crippen LogP contribution in [0.5, 0.6) is 0 Å². The fourth-order valence-electron chi connectivity index (χ4n) is 5.49. The molecule has 0 amide bonds. The van der Waals surface area contributed by atoms with E-state index in [2.05, 4.69) is 53.7 Å². The molecule has 2 aromatic rings. The summed E-state index contributed by atoms with van der Waals surface area (Å²) in [5.74, 6) is 1.80. The highest BCUT2D eigenvalue weighted by Gasteiger charge is 2.61. The lowest BCUT2D eigenvalue weighted by Gasteiger charge is -2.37. The van der Waals surface area contributed by atoms with E-state index < -0.39 is 7.67 Å². The van der Waals surface area contributed by atoms with Gasteiger partial charge in [0, 0.05) is 18.7 Å². The van der Waals surface area contributed by atoms with Crippen molar-refractivity contribution >= 4 is 13.5 Å². The van der Waals surface area contributed by atoms with E-state index >= 15 is 0 Å². The van der Waals surface area contributed by atoms with Gasteiger partial charge < -0.3 is 4.90 Å². The van der Waals surface area contributed by atoms with Crippen LogP contribution in [0.15, 0.2) is 72.6 Å². The Bertz CT molecular complexity index is 1120. The van der Waals surface area contributed by atoms with E-state index in [9.17, 15) is 9.46 Å². The monoisotopic (exact) mass is 479 g/mol. The molecule has 3 heterocycles. The lowest BCUT2D eigenvalue weighted by atomic mass is 10.1. The Balaban J connectivity index is 1.63. The third-order valence-electron chi connectivity index (χ3n) is 7.25. The summed E-state index contributed by atoms with van der Waals surface area (Å²) in [7, 11) is -3.90. The van der Waals surface area contributed by atoms with Gasteiger partial charge in [0.05, 0.1) is 18.7 Å². The number of benzene rings is 2. The van der Waals surface area contributed by atoms with Crippen molar-refractivity contribution in [2.75, 3.05) is 26.2 Å². The fourth-order valence-corrected chi connectivity index (χ4v) is 7.73.